The van der Waals surface area contributed by atoms with Crippen LogP contribution in [0.4, 0.5) is 5.82 Å². The van der Waals surface area contributed by atoms with E-state index in [0.717, 1.165) is 37.0 Å². The second-order valence-corrected chi connectivity index (χ2v) is 7.21. The molecule has 1 aromatic rings. The van der Waals surface area contributed by atoms with Crippen LogP contribution in [0.1, 0.15) is 44.9 Å². The maximum absolute atomic E-state index is 12.9. The van der Waals surface area contributed by atoms with Gasteiger partial charge in [0.05, 0.1) is 5.41 Å². The largest absolute Gasteiger partial charge is 0.310 e. The highest BCUT2D eigenvalue weighted by Gasteiger charge is 2.52. The summed E-state index contributed by atoms with van der Waals surface area (Å²) in [6.07, 6.45) is 10.5. The quantitative estimate of drug-likeness (QED) is 0.891. The zero-order chi connectivity index (χ0) is 13.6. The molecule has 4 aliphatic rings. The normalized spacial score (nSPS) is 38.5. The molecule has 3 heteroatoms. The zero-order valence-electron chi connectivity index (χ0n) is 11.8. The first-order chi connectivity index (χ1) is 9.73. The van der Waals surface area contributed by atoms with Crippen LogP contribution in [0.3, 0.4) is 0 Å². The van der Waals surface area contributed by atoms with E-state index in [4.69, 9.17) is 0 Å². The van der Waals surface area contributed by atoms with Crippen LogP contribution in [-0.4, -0.2) is 10.9 Å². The fraction of sp³-hybridized carbons (Fsp3) is 0.647. The summed E-state index contributed by atoms with van der Waals surface area (Å²) in [4.78, 5) is 17.1. The van der Waals surface area contributed by atoms with Gasteiger partial charge in [-0.05, 0) is 62.0 Å². The average Bonchev–Trinajstić information content (AvgIpc) is 2.66. The van der Waals surface area contributed by atoms with Crippen molar-refractivity contribution in [2.24, 2.45) is 23.2 Å². The minimum atomic E-state index is -0.0927. The third-order valence-corrected chi connectivity index (χ3v) is 5.74. The van der Waals surface area contributed by atoms with Gasteiger partial charge in [0, 0.05) is 6.20 Å². The molecule has 0 radical (unpaired) electrons. The summed E-state index contributed by atoms with van der Waals surface area (Å²) in [5.41, 5.74) is -0.0927. The van der Waals surface area contributed by atoms with E-state index in [1.54, 1.807) is 6.20 Å². The molecule has 5 rings (SSSR count). The molecule has 1 N–H and O–H groups in total. The Labute approximate surface area is 120 Å². The van der Waals surface area contributed by atoms with Crippen LogP contribution < -0.4 is 5.32 Å². The maximum Gasteiger partial charge on any atom is 0.231 e. The number of anilines is 1. The predicted molar refractivity (Wildman–Crippen MR) is 78.1 cm³/mol. The third-order valence-electron chi connectivity index (χ3n) is 5.74. The van der Waals surface area contributed by atoms with Gasteiger partial charge < -0.3 is 5.32 Å². The summed E-state index contributed by atoms with van der Waals surface area (Å²) < 4.78 is 0. The van der Waals surface area contributed by atoms with Gasteiger partial charge in [0.1, 0.15) is 5.82 Å². The molecule has 4 aliphatic carbocycles. The van der Waals surface area contributed by atoms with Crippen molar-refractivity contribution in [1.82, 2.24) is 4.98 Å². The molecule has 4 bridgehead atoms. The Kier molecular flexibility index (Phi) is 2.83. The van der Waals surface area contributed by atoms with E-state index in [9.17, 15) is 4.79 Å². The summed E-state index contributed by atoms with van der Waals surface area (Å²) in [5.74, 6) is 3.31. The SMILES string of the molecule is O=C(Nc1ccccn1)C12CC3C[C@@H](CC[C@@H](C3)C1)C2. The van der Waals surface area contributed by atoms with Gasteiger partial charge in [-0.1, -0.05) is 18.9 Å². The van der Waals surface area contributed by atoms with Crippen LogP contribution in [0.5, 0.6) is 0 Å². The highest BCUT2D eigenvalue weighted by atomic mass is 16.2. The van der Waals surface area contributed by atoms with Crippen molar-refractivity contribution in [2.75, 3.05) is 5.32 Å². The number of nitrogens with zero attached hydrogens (tertiary/aromatic N) is 1. The lowest BCUT2D eigenvalue weighted by molar-refractivity contribution is -0.132. The molecule has 0 saturated heterocycles. The first-order valence-electron chi connectivity index (χ1n) is 7.96. The van der Waals surface area contributed by atoms with Crippen LogP contribution in [0.2, 0.25) is 0 Å². The Balaban J connectivity index is 1.59. The average molecular weight is 270 g/mol. The first-order valence-corrected chi connectivity index (χ1v) is 7.96. The molecule has 2 unspecified atom stereocenters. The van der Waals surface area contributed by atoms with Crippen LogP contribution in [0.15, 0.2) is 24.4 Å². The Hall–Kier alpha value is -1.38. The Bertz CT molecular complexity index is 497. The van der Waals surface area contributed by atoms with Crippen molar-refractivity contribution in [1.29, 1.82) is 0 Å². The molecule has 1 heterocycles. The van der Waals surface area contributed by atoms with Gasteiger partial charge in [-0.2, -0.15) is 0 Å². The summed E-state index contributed by atoms with van der Waals surface area (Å²) >= 11 is 0. The maximum atomic E-state index is 12.9. The fourth-order valence-electron chi connectivity index (χ4n) is 5.16. The molecule has 4 atom stereocenters. The van der Waals surface area contributed by atoms with E-state index in [1.165, 1.54) is 25.7 Å². The lowest BCUT2D eigenvalue weighted by Gasteiger charge is -2.46. The topological polar surface area (TPSA) is 42.0 Å². The fourth-order valence-corrected chi connectivity index (χ4v) is 5.16. The molecule has 20 heavy (non-hydrogen) atoms. The van der Waals surface area contributed by atoms with Gasteiger partial charge >= 0.3 is 0 Å². The second-order valence-electron chi connectivity index (χ2n) is 7.21. The number of aromatic nitrogens is 1. The van der Waals surface area contributed by atoms with E-state index in [-0.39, 0.29) is 11.3 Å². The van der Waals surface area contributed by atoms with Crippen LogP contribution in [0, 0.1) is 23.2 Å². The van der Waals surface area contributed by atoms with Crippen molar-refractivity contribution < 1.29 is 4.79 Å². The molecular weight excluding hydrogens is 248 g/mol. The molecule has 4 saturated carbocycles. The smallest absolute Gasteiger partial charge is 0.231 e. The van der Waals surface area contributed by atoms with Gasteiger partial charge in [0.25, 0.3) is 0 Å². The molecule has 1 amide bonds. The molecular formula is C17H22N2O. The lowest BCUT2D eigenvalue weighted by Crippen LogP contribution is -2.46. The predicted octanol–water partition coefficient (Wildman–Crippen LogP) is 3.63. The van der Waals surface area contributed by atoms with E-state index in [2.05, 4.69) is 10.3 Å². The van der Waals surface area contributed by atoms with Crippen LogP contribution >= 0.6 is 0 Å². The van der Waals surface area contributed by atoms with Gasteiger partial charge in [-0.15, -0.1) is 0 Å². The Morgan fingerprint density at radius 3 is 2.45 bits per heavy atom. The molecule has 0 aromatic carbocycles. The third kappa shape index (κ3) is 2.04. The van der Waals surface area contributed by atoms with Crippen molar-refractivity contribution in [3.63, 3.8) is 0 Å². The van der Waals surface area contributed by atoms with Crippen molar-refractivity contribution in [3.8, 4) is 0 Å². The minimum absolute atomic E-state index is 0.0927. The van der Waals surface area contributed by atoms with E-state index >= 15 is 0 Å². The molecule has 1 aromatic heterocycles. The van der Waals surface area contributed by atoms with E-state index in [1.807, 2.05) is 18.2 Å². The number of carbonyl (C=O) groups excluding carboxylic acids is 1. The van der Waals surface area contributed by atoms with E-state index in [0.29, 0.717) is 5.82 Å². The van der Waals surface area contributed by atoms with Gasteiger partial charge in [-0.25, -0.2) is 4.98 Å². The molecule has 3 nitrogen and oxygen atoms in total. The van der Waals surface area contributed by atoms with Gasteiger partial charge in [0.2, 0.25) is 5.91 Å². The Morgan fingerprint density at radius 2 is 1.80 bits per heavy atom. The number of rotatable bonds is 2. The number of amides is 1. The van der Waals surface area contributed by atoms with Gasteiger partial charge in [0.15, 0.2) is 0 Å². The van der Waals surface area contributed by atoms with Gasteiger partial charge in [-0.3, -0.25) is 4.79 Å². The number of hydrogen-bond donors (Lipinski definition) is 1. The summed E-state index contributed by atoms with van der Waals surface area (Å²) in [6.45, 7) is 0. The number of carbonyl (C=O) groups is 1. The zero-order valence-corrected chi connectivity index (χ0v) is 11.8. The number of hydrogen-bond acceptors (Lipinski definition) is 2. The Morgan fingerprint density at radius 1 is 1.10 bits per heavy atom. The van der Waals surface area contributed by atoms with Crippen molar-refractivity contribution in [2.45, 2.75) is 44.9 Å². The second kappa shape index (κ2) is 4.57. The molecule has 0 spiro atoms. The van der Waals surface area contributed by atoms with E-state index < -0.39 is 0 Å². The number of pyridine rings is 1. The summed E-state index contributed by atoms with van der Waals surface area (Å²) in [7, 11) is 0. The highest BCUT2D eigenvalue weighted by molar-refractivity contribution is 5.94. The monoisotopic (exact) mass is 270 g/mol. The lowest BCUT2D eigenvalue weighted by atomic mass is 9.58. The molecule has 106 valence electrons. The summed E-state index contributed by atoms with van der Waals surface area (Å²) in [6, 6.07) is 5.69. The molecule has 4 fully saturated rings. The highest BCUT2D eigenvalue weighted by Crippen LogP contribution is 2.58. The minimum Gasteiger partial charge on any atom is -0.310 e. The van der Waals surface area contributed by atoms with Crippen molar-refractivity contribution in [3.05, 3.63) is 24.4 Å². The molecule has 0 aliphatic heterocycles. The van der Waals surface area contributed by atoms with Crippen LogP contribution in [0.25, 0.3) is 0 Å². The van der Waals surface area contributed by atoms with Crippen molar-refractivity contribution >= 4 is 11.7 Å². The first kappa shape index (κ1) is 12.4. The standard InChI is InChI=1S/C17H22N2O/c20-16(19-15-3-1-2-6-18-15)17-9-12-4-5-13(10-17)8-14(7-12)11-17/h1-3,6,12-14H,4-5,7-11H2,(H,18,19,20)/t12-,13+,14?,17?. The number of nitrogens with one attached hydrogen (secondary N) is 1. The number of fused-ring (bicyclic) bond motifs is 1. The summed E-state index contributed by atoms with van der Waals surface area (Å²) in [5, 5.41) is 3.08. The van der Waals surface area contributed by atoms with Crippen LogP contribution in [-0.2, 0) is 4.79 Å².